The van der Waals surface area contributed by atoms with Gasteiger partial charge in [-0.05, 0) is 49.1 Å². The molecule has 0 unspecified atom stereocenters. The van der Waals surface area contributed by atoms with Crippen molar-refractivity contribution < 1.29 is 28.2 Å². The monoisotopic (exact) mass is 497 g/mol. The number of piperazine rings is 1. The van der Waals surface area contributed by atoms with Crippen LogP contribution in [0.5, 0.6) is 11.5 Å². The van der Waals surface area contributed by atoms with Gasteiger partial charge in [0.05, 0.1) is 19.8 Å². The topological polar surface area (TPSA) is 88.2 Å². The molecule has 2 aromatic rings. The highest BCUT2D eigenvalue weighted by Crippen LogP contribution is 2.31. The normalized spacial score (nSPS) is 19.7. The molecule has 2 aromatic carbocycles. The van der Waals surface area contributed by atoms with Crippen molar-refractivity contribution in [3.8, 4) is 11.5 Å². The van der Waals surface area contributed by atoms with E-state index in [9.17, 15) is 18.8 Å². The first-order chi connectivity index (χ1) is 17.3. The molecule has 2 aliphatic heterocycles. The Morgan fingerprint density at radius 1 is 1.00 bits per heavy atom. The van der Waals surface area contributed by atoms with Crippen molar-refractivity contribution in [2.75, 3.05) is 40.4 Å². The first-order valence-electron chi connectivity index (χ1n) is 12.2. The molecule has 0 bridgehead atoms. The Kier molecular flexibility index (Phi) is 7.76. The fourth-order valence-corrected chi connectivity index (χ4v) is 5.04. The van der Waals surface area contributed by atoms with E-state index in [0.717, 1.165) is 5.56 Å². The molecular formula is C27H32FN3O5. The molecule has 2 fully saturated rings. The zero-order valence-electron chi connectivity index (χ0n) is 20.7. The second-order valence-corrected chi connectivity index (χ2v) is 9.35. The van der Waals surface area contributed by atoms with E-state index in [4.69, 9.17) is 9.47 Å². The standard InChI is InChI=1S/C27H32FN3O5/c1-35-22-6-4-3-5-20(22)26(34)31-15-13-30(14-16-31)25(33)10-12-27(11-9-24(32)29-27)18-19-7-8-21(28)23(17-19)36-2/h3-8,17H,9-16,18H2,1-2H3,(H,29,32)/t27-/m1/s1. The van der Waals surface area contributed by atoms with E-state index in [1.54, 1.807) is 40.1 Å². The lowest BCUT2D eigenvalue weighted by Crippen LogP contribution is -2.51. The molecular weight excluding hydrogens is 465 g/mol. The average molecular weight is 498 g/mol. The van der Waals surface area contributed by atoms with E-state index in [1.807, 2.05) is 6.07 Å². The number of para-hydroxylation sites is 1. The Morgan fingerprint density at radius 2 is 1.69 bits per heavy atom. The zero-order valence-corrected chi connectivity index (χ0v) is 20.7. The van der Waals surface area contributed by atoms with E-state index >= 15 is 0 Å². The van der Waals surface area contributed by atoms with Gasteiger partial charge >= 0.3 is 0 Å². The molecule has 2 aliphatic rings. The first-order valence-corrected chi connectivity index (χ1v) is 12.2. The highest BCUT2D eigenvalue weighted by atomic mass is 19.1. The number of halogens is 1. The van der Waals surface area contributed by atoms with Crippen LogP contribution in [-0.2, 0) is 16.0 Å². The maximum atomic E-state index is 13.8. The van der Waals surface area contributed by atoms with Gasteiger partial charge < -0.3 is 24.6 Å². The predicted molar refractivity (Wildman–Crippen MR) is 131 cm³/mol. The van der Waals surface area contributed by atoms with E-state index in [-0.39, 0.29) is 29.9 Å². The fraction of sp³-hybridized carbons (Fsp3) is 0.444. The average Bonchev–Trinajstić information content (AvgIpc) is 3.28. The number of nitrogens with zero attached hydrogens (tertiary/aromatic N) is 2. The molecule has 2 saturated heterocycles. The third-order valence-corrected chi connectivity index (χ3v) is 7.07. The Bertz CT molecular complexity index is 1130. The number of benzene rings is 2. The molecule has 0 aromatic heterocycles. The predicted octanol–water partition coefficient (Wildman–Crippen LogP) is 2.80. The van der Waals surface area contributed by atoms with E-state index in [2.05, 4.69) is 5.32 Å². The highest BCUT2D eigenvalue weighted by Gasteiger charge is 2.38. The van der Waals surface area contributed by atoms with E-state index in [1.165, 1.54) is 20.3 Å². The molecule has 192 valence electrons. The molecule has 4 rings (SSSR count). The SMILES string of the molecule is COc1cc(C[C@]2(CCC(=O)N3CCN(C(=O)c4ccccc4OC)CC3)CCC(=O)N2)ccc1F. The van der Waals surface area contributed by atoms with Gasteiger partial charge in [0, 0.05) is 44.6 Å². The van der Waals surface area contributed by atoms with Gasteiger partial charge in [-0.1, -0.05) is 18.2 Å². The molecule has 1 N–H and O–H groups in total. The molecule has 0 radical (unpaired) electrons. The van der Waals surface area contributed by atoms with Crippen molar-refractivity contribution in [2.24, 2.45) is 0 Å². The van der Waals surface area contributed by atoms with Crippen LogP contribution in [0.4, 0.5) is 4.39 Å². The summed E-state index contributed by atoms with van der Waals surface area (Å²) >= 11 is 0. The summed E-state index contributed by atoms with van der Waals surface area (Å²) in [6.07, 6.45) is 2.26. The lowest BCUT2D eigenvalue weighted by molar-refractivity contribution is -0.133. The number of methoxy groups -OCH3 is 2. The Labute approximate surface area is 210 Å². The number of amides is 3. The second kappa shape index (κ2) is 11.0. The van der Waals surface area contributed by atoms with Crippen molar-refractivity contribution in [2.45, 2.75) is 37.6 Å². The molecule has 2 heterocycles. The van der Waals surface area contributed by atoms with Crippen LogP contribution in [0.1, 0.15) is 41.6 Å². The Hall–Kier alpha value is -3.62. The molecule has 0 spiro atoms. The van der Waals surface area contributed by atoms with Gasteiger partial charge in [-0.25, -0.2) is 4.39 Å². The van der Waals surface area contributed by atoms with Crippen LogP contribution in [0.3, 0.4) is 0 Å². The minimum absolute atomic E-state index is 0.00315. The summed E-state index contributed by atoms with van der Waals surface area (Å²) in [5.41, 5.74) is 0.791. The van der Waals surface area contributed by atoms with Crippen LogP contribution in [0, 0.1) is 5.82 Å². The summed E-state index contributed by atoms with van der Waals surface area (Å²) in [5.74, 6) is 0.0926. The van der Waals surface area contributed by atoms with Crippen molar-refractivity contribution >= 4 is 17.7 Å². The van der Waals surface area contributed by atoms with Gasteiger partial charge in [0.1, 0.15) is 5.75 Å². The van der Waals surface area contributed by atoms with Gasteiger partial charge in [0.25, 0.3) is 5.91 Å². The molecule has 9 heteroatoms. The lowest BCUT2D eigenvalue weighted by Gasteiger charge is -2.36. The number of ether oxygens (including phenoxy) is 2. The fourth-order valence-electron chi connectivity index (χ4n) is 5.04. The van der Waals surface area contributed by atoms with Crippen LogP contribution in [0.2, 0.25) is 0 Å². The van der Waals surface area contributed by atoms with Crippen LogP contribution in [-0.4, -0.2) is 73.5 Å². The summed E-state index contributed by atoms with van der Waals surface area (Å²) in [6, 6.07) is 11.8. The maximum Gasteiger partial charge on any atom is 0.257 e. The van der Waals surface area contributed by atoms with Crippen LogP contribution >= 0.6 is 0 Å². The number of carbonyl (C=O) groups is 3. The second-order valence-electron chi connectivity index (χ2n) is 9.35. The van der Waals surface area contributed by atoms with Crippen molar-refractivity contribution in [1.82, 2.24) is 15.1 Å². The Balaban J connectivity index is 1.34. The van der Waals surface area contributed by atoms with Crippen LogP contribution in [0.15, 0.2) is 42.5 Å². The van der Waals surface area contributed by atoms with Crippen molar-refractivity contribution in [3.05, 3.63) is 59.4 Å². The van der Waals surface area contributed by atoms with Gasteiger partial charge in [0.2, 0.25) is 11.8 Å². The van der Waals surface area contributed by atoms with E-state index < -0.39 is 11.4 Å². The summed E-state index contributed by atoms with van der Waals surface area (Å²) in [5, 5.41) is 3.07. The molecule has 0 saturated carbocycles. The zero-order chi connectivity index (χ0) is 25.7. The van der Waals surface area contributed by atoms with Gasteiger partial charge in [-0.2, -0.15) is 0 Å². The number of carbonyl (C=O) groups excluding carboxylic acids is 3. The third kappa shape index (κ3) is 5.61. The third-order valence-electron chi connectivity index (χ3n) is 7.07. The summed E-state index contributed by atoms with van der Waals surface area (Å²) in [4.78, 5) is 41.6. The van der Waals surface area contributed by atoms with Crippen LogP contribution < -0.4 is 14.8 Å². The largest absolute Gasteiger partial charge is 0.496 e. The van der Waals surface area contributed by atoms with Crippen molar-refractivity contribution in [3.63, 3.8) is 0 Å². The summed E-state index contributed by atoms with van der Waals surface area (Å²) < 4.78 is 24.2. The van der Waals surface area contributed by atoms with Gasteiger partial charge in [-0.3, -0.25) is 14.4 Å². The number of nitrogens with one attached hydrogen (secondary N) is 1. The number of hydrogen-bond donors (Lipinski definition) is 1. The quantitative estimate of drug-likeness (QED) is 0.606. The summed E-state index contributed by atoms with van der Waals surface area (Å²) in [7, 11) is 2.95. The minimum Gasteiger partial charge on any atom is -0.496 e. The smallest absolute Gasteiger partial charge is 0.257 e. The minimum atomic E-state index is -0.558. The highest BCUT2D eigenvalue weighted by molar-refractivity contribution is 5.97. The van der Waals surface area contributed by atoms with Crippen LogP contribution in [0.25, 0.3) is 0 Å². The molecule has 8 nitrogen and oxygen atoms in total. The Morgan fingerprint density at radius 3 is 2.36 bits per heavy atom. The summed E-state index contributed by atoms with van der Waals surface area (Å²) in [6.45, 7) is 1.79. The molecule has 1 atom stereocenters. The number of hydrogen-bond acceptors (Lipinski definition) is 5. The number of rotatable bonds is 8. The molecule has 36 heavy (non-hydrogen) atoms. The first kappa shape index (κ1) is 25.5. The van der Waals surface area contributed by atoms with Gasteiger partial charge in [0.15, 0.2) is 11.6 Å². The van der Waals surface area contributed by atoms with Gasteiger partial charge in [-0.15, -0.1) is 0 Å². The molecule has 3 amide bonds. The van der Waals surface area contributed by atoms with Crippen molar-refractivity contribution in [1.29, 1.82) is 0 Å². The molecule has 0 aliphatic carbocycles. The lowest BCUT2D eigenvalue weighted by atomic mass is 9.84. The maximum absolute atomic E-state index is 13.8. The van der Waals surface area contributed by atoms with E-state index in [0.29, 0.717) is 63.2 Å².